The van der Waals surface area contributed by atoms with Gasteiger partial charge in [-0.25, -0.2) is 9.98 Å². The highest BCUT2D eigenvalue weighted by Crippen LogP contribution is 2.38. The highest BCUT2D eigenvalue weighted by molar-refractivity contribution is 7.16. The molecule has 0 saturated heterocycles. The third-order valence-electron chi connectivity index (χ3n) is 4.02. The fraction of sp³-hybridized carbons (Fsp3) is 0.0526. The molecular formula is C19H13Cl4N5OS. The van der Waals surface area contributed by atoms with Crippen LogP contribution in [0, 0.1) is 0 Å². The van der Waals surface area contributed by atoms with Gasteiger partial charge in [0, 0.05) is 17.6 Å². The van der Waals surface area contributed by atoms with Crippen LogP contribution >= 0.6 is 58.5 Å². The second-order valence-electron chi connectivity index (χ2n) is 5.92. The first kappa shape index (κ1) is 22.5. The van der Waals surface area contributed by atoms with Crippen molar-refractivity contribution in [3.63, 3.8) is 0 Å². The van der Waals surface area contributed by atoms with Crippen molar-refractivity contribution in [1.29, 1.82) is 0 Å². The normalized spacial score (nSPS) is 14.3. The number of aromatic nitrogens is 1. The molecule has 0 fully saturated rings. The van der Waals surface area contributed by atoms with Gasteiger partial charge in [-0.15, -0.1) is 12.4 Å². The topological polar surface area (TPSA) is 82.2 Å². The molecule has 0 atom stereocenters. The van der Waals surface area contributed by atoms with Crippen molar-refractivity contribution in [3.05, 3.63) is 66.4 Å². The Kier molecular flexibility index (Phi) is 7.00. The summed E-state index contributed by atoms with van der Waals surface area (Å²) in [6, 6.07) is 8.84. The second-order valence-corrected chi connectivity index (χ2v) is 8.20. The second kappa shape index (κ2) is 9.32. The Hall–Kier alpha value is -2.16. The van der Waals surface area contributed by atoms with E-state index in [2.05, 4.69) is 25.3 Å². The maximum Gasteiger partial charge on any atom is 0.231 e. The highest BCUT2D eigenvalue weighted by Gasteiger charge is 2.13. The van der Waals surface area contributed by atoms with Crippen LogP contribution in [0.25, 0.3) is 6.08 Å². The number of hydrogen-bond donors (Lipinski definition) is 2. The Bertz CT molecular complexity index is 1280. The lowest BCUT2D eigenvalue weighted by molar-refractivity contribution is 0.457. The molecule has 3 aromatic rings. The van der Waals surface area contributed by atoms with Crippen LogP contribution in [-0.2, 0) is 0 Å². The van der Waals surface area contributed by atoms with E-state index < -0.39 is 0 Å². The first-order valence-electron chi connectivity index (χ1n) is 8.25. The van der Waals surface area contributed by atoms with E-state index in [9.17, 15) is 5.11 Å². The van der Waals surface area contributed by atoms with Gasteiger partial charge in [-0.05, 0) is 35.6 Å². The van der Waals surface area contributed by atoms with Crippen molar-refractivity contribution >= 4 is 87.6 Å². The molecule has 0 amide bonds. The summed E-state index contributed by atoms with van der Waals surface area (Å²) in [5.74, 6) is 0.497. The van der Waals surface area contributed by atoms with E-state index in [4.69, 9.17) is 34.8 Å². The fourth-order valence-electron chi connectivity index (χ4n) is 2.72. The zero-order chi connectivity index (χ0) is 20.5. The fourth-order valence-corrected chi connectivity index (χ4v) is 4.46. The molecule has 2 N–H and O–H groups in total. The molecule has 2 heterocycles. The molecule has 4 rings (SSSR count). The number of halogens is 4. The van der Waals surface area contributed by atoms with Crippen LogP contribution < -0.4 is 15.9 Å². The van der Waals surface area contributed by atoms with Crippen LogP contribution in [0.5, 0.6) is 5.88 Å². The number of aromatic hydroxyl groups is 1. The summed E-state index contributed by atoms with van der Waals surface area (Å²) >= 11 is 19.6. The Morgan fingerprint density at radius 1 is 1.13 bits per heavy atom. The zero-order valence-electron chi connectivity index (χ0n) is 15.2. The Morgan fingerprint density at radius 2 is 1.87 bits per heavy atom. The number of nitrogens with one attached hydrogen (secondary N) is 1. The highest BCUT2D eigenvalue weighted by atomic mass is 35.5. The van der Waals surface area contributed by atoms with Gasteiger partial charge in [0.25, 0.3) is 0 Å². The maximum atomic E-state index is 10.3. The number of hydrogen-bond acceptors (Lipinski definition) is 6. The summed E-state index contributed by atoms with van der Waals surface area (Å²) in [6.07, 6.45) is 3.29. The summed E-state index contributed by atoms with van der Waals surface area (Å²) < 4.78 is 0. The van der Waals surface area contributed by atoms with Crippen molar-refractivity contribution in [2.24, 2.45) is 15.0 Å². The van der Waals surface area contributed by atoms with Gasteiger partial charge in [0.1, 0.15) is 6.34 Å². The summed E-state index contributed by atoms with van der Waals surface area (Å²) in [6.45, 7) is 0. The largest absolute Gasteiger partial charge is 0.492 e. The number of rotatable bonds is 3. The molecule has 0 unspecified atom stereocenters. The van der Waals surface area contributed by atoms with E-state index in [0.717, 1.165) is 16.1 Å². The standard InChI is InChI=1S/C19H12Cl3N5OS.ClH/c1-23-17-11-4-9(2-3-14(11)24-8-25-17)5-15-18(28)27-19(29-15)26-16-12(21)6-10(20)7-13(16)22;/h2-8,28H,1H3,(H,26,27);1H/b9-5+,23-17?;. The quantitative estimate of drug-likeness (QED) is 0.539. The number of aliphatic imine (C=N–C) groups is 2. The SMILES string of the molecule is CN=C1N=CN=c2cc/c(=C\c3sc(Nc4c(Cl)cc(Cl)cc4Cl)nc3O)cc21.Cl. The molecule has 0 radical (unpaired) electrons. The van der Waals surface area contributed by atoms with E-state index in [1.54, 1.807) is 19.2 Å². The van der Waals surface area contributed by atoms with Crippen LogP contribution in [0.2, 0.25) is 15.1 Å². The Balaban J connectivity index is 0.00000256. The van der Waals surface area contributed by atoms with Crippen LogP contribution in [0.1, 0.15) is 10.4 Å². The summed E-state index contributed by atoms with van der Waals surface area (Å²) in [4.78, 5) is 17.3. The molecule has 6 nitrogen and oxygen atoms in total. The third-order valence-corrected chi connectivity index (χ3v) is 5.74. The molecule has 1 aromatic heterocycles. The Morgan fingerprint density at radius 3 is 2.57 bits per heavy atom. The van der Waals surface area contributed by atoms with Gasteiger partial charge in [-0.3, -0.25) is 4.99 Å². The minimum Gasteiger partial charge on any atom is -0.492 e. The molecule has 154 valence electrons. The maximum absolute atomic E-state index is 10.3. The minimum absolute atomic E-state index is 0. The number of fused-ring (bicyclic) bond motifs is 1. The van der Waals surface area contributed by atoms with Crippen molar-refractivity contribution < 1.29 is 5.11 Å². The van der Waals surface area contributed by atoms with Crippen molar-refractivity contribution in [2.75, 3.05) is 12.4 Å². The van der Waals surface area contributed by atoms with Gasteiger partial charge >= 0.3 is 0 Å². The van der Waals surface area contributed by atoms with Gasteiger partial charge < -0.3 is 10.4 Å². The number of benzene rings is 2. The molecule has 11 heteroatoms. The molecule has 0 aliphatic carbocycles. The molecule has 30 heavy (non-hydrogen) atoms. The summed E-state index contributed by atoms with van der Waals surface area (Å²) in [7, 11) is 1.68. The lowest BCUT2D eigenvalue weighted by Gasteiger charge is -2.07. The van der Waals surface area contributed by atoms with E-state index in [1.165, 1.54) is 17.7 Å². The minimum atomic E-state index is -0.108. The number of amidine groups is 1. The molecule has 0 bridgehead atoms. The number of anilines is 2. The van der Waals surface area contributed by atoms with Crippen LogP contribution in [0.3, 0.4) is 0 Å². The van der Waals surface area contributed by atoms with Crippen molar-refractivity contribution in [1.82, 2.24) is 4.98 Å². The molecule has 1 aliphatic rings. The van der Waals surface area contributed by atoms with Gasteiger partial charge in [0.2, 0.25) is 5.88 Å². The lowest BCUT2D eigenvalue weighted by Crippen LogP contribution is -2.22. The van der Waals surface area contributed by atoms with Crippen molar-refractivity contribution in [2.45, 2.75) is 0 Å². The van der Waals surface area contributed by atoms with Gasteiger partial charge in [-0.2, -0.15) is 4.98 Å². The predicted octanol–water partition coefficient (Wildman–Crippen LogP) is 4.84. The molecular weight excluding hydrogens is 488 g/mol. The van der Waals surface area contributed by atoms with Crippen LogP contribution in [0.15, 0.2) is 45.3 Å². The first-order chi connectivity index (χ1) is 13.9. The van der Waals surface area contributed by atoms with E-state index >= 15 is 0 Å². The van der Waals surface area contributed by atoms with Gasteiger partial charge in [-0.1, -0.05) is 52.2 Å². The Labute approximate surface area is 196 Å². The van der Waals surface area contributed by atoms with Crippen molar-refractivity contribution in [3.8, 4) is 5.88 Å². The lowest BCUT2D eigenvalue weighted by atomic mass is 10.1. The van der Waals surface area contributed by atoms with Crippen LogP contribution in [-0.4, -0.2) is 29.3 Å². The zero-order valence-corrected chi connectivity index (χ0v) is 19.1. The van der Waals surface area contributed by atoms with E-state index in [-0.39, 0.29) is 18.3 Å². The van der Waals surface area contributed by atoms with E-state index in [0.29, 0.717) is 36.6 Å². The average Bonchev–Trinajstić information content (AvgIpc) is 3.03. The molecule has 1 aliphatic heterocycles. The monoisotopic (exact) mass is 499 g/mol. The van der Waals surface area contributed by atoms with E-state index in [1.807, 2.05) is 24.3 Å². The van der Waals surface area contributed by atoms with Crippen LogP contribution in [0.4, 0.5) is 10.8 Å². The first-order valence-corrected chi connectivity index (χ1v) is 10.2. The summed E-state index contributed by atoms with van der Waals surface area (Å²) in [5, 5.41) is 16.5. The molecule has 0 spiro atoms. The summed E-state index contributed by atoms with van der Waals surface area (Å²) in [5.41, 5.74) is 1.29. The predicted molar refractivity (Wildman–Crippen MR) is 128 cm³/mol. The third kappa shape index (κ3) is 4.61. The average molecular weight is 501 g/mol. The van der Waals surface area contributed by atoms with Gasteiger partial charge in [0.15, 0.2) is 11.0 Å². The number of thiazole rings is 1. The molecule has 2 aromatic carbocycles. The molecule has 0 saturated carbocycles. The van der Waals surface area contributed by atoms with Gasteiger partial charge in [0.05, 0.1) is 26.0 Å². The smallest absolute Gasteiger partial charge is 0.231 e. The number of nitrogens with zero attached hydrogens (tertiary/aromatic N) is 4.